The summed E-state index contributed by atoms with van der Waals surface area (Å²) in [4.78, 5) is 13.0. The Morgan fingerprint density at radius 1 is 1.22 bits per heavy atom. The highest BCUT2D eigenvalue weighted by atomic mass is 35.5. The van der Waals surface area contributed by atoms with Crippen molar-refractivity contribution < 1.29 is 13.2 Å². The Morgan fingerprint density at radius 2 is 1.93 bits per heavy atom. The summed E-state index contributed by atoms with van der Waals surface area (Å²) in [6.07, 6.45) is 2.61. The van der Waals surface area contributed by atoms with Crippen molar-refractivity contribution >= 4 is 39.3 Å². The lowest BCUT2D eigenvalue weighted by molar-refractivity contribution is 0.0950. The van der Waals surface area contributed by atoms with Gasteiger partial charge in [0.15, 0.2) is 0 Å². The van der Waals surface area contributed by atoms with E-state index in [-0.39, 0.29) is 21.4 Å². The van der Waals surface area contributed by atoms with Crippen molar-refractivity contribution in [2.45, 2.75) is 36.0 Å². The van der Waals surface area contributed by atoms with E-state index >= 15 is 0 Å². The molecule has 0 bridgehead atoms. The van der Waals surface area contributed by atoms with Crippen LogP contribution in [0.4, 0.5) is 0 Å². The molecule has 0 heterocycles. The molecular formula is C19H23ClN2O3S2. The SMILES string of the molecule is CCCCNC(=O)c1cc(S(N)(=O)=O)c(Cl)cc1SCCc1ccccc1. The monoisotopic (exact) mass is 426 g/mol. The van der Waals surface area contributed by atoms with E-state index < -0.39 is 10.0 Å². The number of aryl methyl sites for hydroxylation is 1. The zero-order chi connectivity index (χ0) is 19.9. The van der Waals surface area contributed by atoms with Gasteiger partial charge in [-0.15, -0.1) is 11.8 Å². The molecule has 0 aliphatic rings. The predicted molar refractivity (Wildman–Crippen MR) is 111 cm³/mol. The van der Waals surface area contributed by atoms with E-state index in [4.69, 9.17) is 16.7 Å². The van der Waals surface area contributed by atoms with E-state index in [1.165, 1.54) is 29.5 Å². The number of hydrogen-bond donors (Lipinski definition) is 2. The summed E-state index contributed by atoms with van der Waals surface area (Å²) >= 11 is 7.57. The number of unbranched alkanes of at least 4 members (excludes halogenated alkanes) is 1. The Kier molecular flexibility index (Phi) is 8.16. The van der Waals surface area contributed by atoms with Gasteiger partial charge in [0.05, 0.1) is 10.6 Å². The van der Waals surface area contributed by atoms with E-state index in [0.29, 0.717) is 11.4 Å². The van der Waals surface area contributed by atoms with Gasteiger partial charge in [0.25, 0.3) is 5.91 Å². The Morgan fingerprint density at radius 3 is 2.56 bits per heavy atom. The summed E-state index contributed by atoms with van der Waals surface area (Å²) in [6.45, 7) is 2.55. The molecular weight excluding hydrogens is 404 g/mol. The average molecular weight is 427 g/mol. The van der Waals surface area contributed by atoms with Gasteiger partial charge in [0.2, 0.25) is 10.0 Å². The molecule has 0 aliphatic heterocycles. The third-order valence-corrected chi connectivity index (χ3v) is 6.32. The molecule has 8 heteroatoms. The molecule has 0 atom stereocenters. The lowest BCUT2D eigenvalue weighted by atomic mass is 10.2. The second kappa shape index (κ2) is 10.1. The van der Waals surface area contributed by atoms with Crippen molar-refractivity contribution in [1.82, 2.24) is 5.32 Å². The molecule has 2 rings (SSSR count). The van der Waals surface area contributed by atoms with Crippen molar-refractivity contribution in [3.63, 3.8) is 0 Å². The molecule has 0 radical (unpaired) electrons. The van der Waals surface area contributed by atoms with E-state index in [0.717, 1.165) is 25.0 Å². The molecule has 2 aromatic carbocycles. The summed E-state index contributed by atoms with van der Waals surface area (Å²) in [5, 5.41) is 8.06. The number of halogens is 1. The van der Waals surface area contributed by atoms with Gasteiger partial charge in [-0.3, -0.25) is 4.79 Å². The maximum absolute atomic E-state index is 12.6. The number of carbonyl (C=O) groups is 1. The first kappa shape index (κ1) is 21.8. The zero-order valence-corrected chi connectivity index (χ0v) is 17.5. The highest BCUT2D eigenvalue weighted by Gasteiger charge is 2.20. The number of nitrogens with one attached hydrogen (secondary N) is 1. The molecule has 0 fully saturated rings. The van der Waals surface area contributed by atoms with E-state index in [1.807, 2.05) is 37.3 Å². The molecule has 0 unspecified atom stereocenters. The molecule has 5 nitrogen and oxygen atoms in total. The van der Waals surface area contributed by atoms with Crippen LogP contribution in [0, 0.1) is 0 Å². The third kappa shape index (κ3) is 6.53. The first-order chi connectivity index (χ1) is 12.8. The van der Waals surface area contributed by atoms with Crippen LogP contribution in [0.15, 0.2) is 52.3 Å². The maximum atomic E-state index is 12.6. The van der Waals surface area contributed by atoms with Crippen molar-refractivity contribution in [3.05, 3.63) is 58.6 Å². The molecule has 0 saturated heterocycles. The quantitative estimate of drug-likeness (QED) is 0.470. The van der Waals surface area contributed by atoms with Crippen LogP contribution in [0.3, 0.4) is 0 Å². The average Bonchev–Trinajstić information content (AvgIpc) is 2.61. The van der Waals surface area contributed by atoms with Crippen LogP contribution in [0.2, 0.25) is 5.02 Å². The standard InChI is InChI=1S/C19H23ClN2O3S2/c1-2-3-10-22-19(23)15-12-18(27(21,24)25)16(20)13-17(15)26-11-9-14-7-5-4-6-8-14/h4-8,12-13H,2-3,9-11H2,1H3,(H,22,23)(H2,21,24,25). The van der Waals surface area contributed by atoms with Crippen LogP contribution in [0.1, 0.15) is 35.7 Å². The first-order valence-corrected chi connectivity index (χ1v) is 11.5. The van der Waals surface area contributed by atoms with Gasteiger partial charge in [-0.1, -0.05) is 55.3 Å². The van der Waals surface area contributed by atoms with Crippen molar-refractivity contribution in [3.8, 4) is 0 Å². The lowest BCUT2D eigenvalue weighted by Gasteiger charge is -2.13. The second-order valence-corrected chi connectivity index (χ2v) is 9.09. The fourth-order valence-electron chi connectivity index (χ4n) is 2.45. The summed E-state index contributed by atoms with van der Waals surface area (Å²) in [6, 6.07) is 12.8. The van der Waals surface area contributed by atoms with Crippen LogP contribution in [0.25, 0.3) is 0 Å². The van der Waals surface area contributed by atoms with E-state index in [2.05, 4.69) is 5.32 Å². The minimum Gasteiger partial charge on any atom is -0.352 e. The van der Waals surface area contributed by atoms with Gasteiger partial charge in [-0.25, -0.2) is 13.6 Å². The van der Waals surface area contributed by atoms with Crippen LogP contribution >= 0.6 is 23.4 Å². The van der Waals surface area contributed by atoms with Gasteiger partial charge in [0, 0.05) is 17.2 Å². The number of rotatable bonds is 9. The maximum Gasteiger partial charge on any atom is 0.252 e. The van der Waals surface area contributed by atoms with Crippen molar-refractivity contribution in [1.29, 1.82) is 0 Å². The summed E-state index contributed by atoms with van der Waals surface area (Å²) < 4.78 is 23.5. The minimum absolute atomic E-state index is 0.0184. The molecule has 0 spiro atoms. The number of benzene rings is 2. The van der Waals surface area contributed by atoms with Crippen molar-refractivity contribution in [2.75, 3.05) is 12.3 Å². The second-order valence-electron chi connectivity index (χ2n) is 6.02. The van der Waals surface area contributed by atoms with E-state index in [1.54, 1.807) is 0 Å². The van der Waals surface area contributed by atoms with E-state index in [9.17, 15) is 13.2 Å². The van der Waals surface area contributed by atoms with Crippen molar-refractivity contribution in [2.24, 2.45) is 5.14 Å². The highest BCUT2D eigenvalue weighted by Crippen LogP contribution is 2.31. The molecule has 146 valence electrons. The van der Waals surface area contributed by atoms with Crippen LogP contribution in [0.5, 0.6) is 0 Å². The number of nitrogens with two attached hydrogens (primary N) is 1. The third-order valence-electron chi connectivity index (χ3n) is 3.89. The number of thioether (sulfide) groups is 1. The Bertz CT molecular complexity index is 887. The Labute approximate surface area is 169 Å². The zero-order valence-electron chi connectivity index (χ0n) is 15.1. The van der Waals surface area contributed by atoms with Gasteiger partial charge >= 0.3 is 0 Å². The number of amides is 1. The fraction of sp³-hybridized carbons (Fsp3) is 0.316. The summed E-state index contributed by atoms with van der Waals surface area (Å²) in [7, 11) is -4.02. The molecule has 0 aliphatic carbocycles. The smallest absolute Gasteiger partial charge is 0.252 e. The van der Waals surface area contributed by atoms with Gasteiger partial charge in [-0.2, -0.15) is 0 Å². The normalized spacial score (nSPS) is 11.4. The van der Waals surface area contributed by atoms with Gasteiger partial charge in [0.1, 0.15) is 4.90 Å². The molecule has 3 N–H and O–H groups in total. The molecule has 0 aromatic heterocycles. The molecule has 1 amide bonds. The highest BCUT2D eigenvalue weighted by molar-refractivity contribution is 7.99. The lowest BCUT2D eigenvalue weighted by Crippen LogP contribution is -2.25. The number of primary sulfonamides is 1. The summed E-state index contributed by atoms with van der Waals surface area (Å²) in [5.41, 5.74) is 1.46. The Balaban J connectivity index is 2.24. The fourth-order valence-corrected chi connectivity index (χ4v) is 4.68. The van der Waals surface area contributed by atoms with Gasteiger partial charge in [-0.05, 0) is 30.5 Å². The first-order valence-electron chi connectivity index (χ1n) is 8.64. The number of sulfonamides is 1. The predicted octanol–water partition coefficient (Wildman–Crippen LogP) is 3.85. The number of carbonyl (C=O) groups excluding carboxylic acids is 1. The topological polar surface area (TPSA) is 89.3 Å². The Hall–Kier alpha value is -1.54. The largest absolute Gasteiger partial charge is 0.352 e. The van der Waals surface area contributed by atoms with Gasteiger partial charge < -0.3 is 5.32 Å². The summed E-state index contributed by atoms with van der Waals surface area (Å²) in [5.74, 6) is 0.400. The van der Waals surface area contributed by atoms with Crippen LogP contribution in [-0.2, 0) is 16.4 Å². The van der Waals surface area contributed by atoms with Crippen LogP contribution < -0.4 is 10.5 Å². The minimum atomic E-state index is -4.02. The number of hydrogen-bond acceptors (Lipinski definition) is 4. The molecule has 2 aromatic rings. The molecule has 0 saturated carbocycles. The van der Waals surface area contributed by atoms with Crippen LogP contribution in [-0.4, -0.2) is 26.6 Å². The molecule has 27 heavy (non-hydrogen) atoms.